The third-order valence-corrected chi connectivity index (χ3v) is 4.54. The Balaban J connectivity index is 2.30. The molecule has 0 atom stereocenters. The van der Waals surface area contributed by atoms with Crippen molar-refractivity contribution in [3.8, 4) is 0 Å². The van der Waals surface area contributed by atoms with Crippen molar-refractivity contribution >= 4 is 5.91 Å². The molecule has 0 saturated heterocycles. The van der Waals surface area contributed by atoms with E-state index in [9.17, 15) is 4.79 Å². The van der Waals surface area contributed by atoms with Crippen LogP contribution in [0.15, 0.2) is 0 Å². The Kier molecular flexibility index (Phi) is 5.96. The number of hydrogen-bond acceptors (Lipinski definition) is 2. The molecule has 0 bridgehead atoms. The molecule has 0 aliphatic heterocycles. The van der Waals surface area contributed by atoms with Gasteiger partial charge < -0.3 is 11.1 Å². The van der Waals surface area contributed by atoms with E-state index in [2.05, 4.69) is 19.2 Å². The Bertz CT molecular complexity index is 222. The molecule has 3 nitrogen and oxygen atoms in total. The van der Waals surface area contributed by atoms with Crippen LogP contribution in [0.1, 0.15) is 58.8 Å². The molecule has 0 heterocycles. The lowest BCUT2D eigenvalue weighted by Gasteiger charge is -2.30. The molecule has 1 aliphatic carbocycles. The fourth-order valence-corrected chi connectivity index (χ4v) is 2.70. The zero-order valence-corrected chi connectivity index (χ0v) is 11.4. The van der Waals surface area contributed by atoms with Crippen LogP contribution in [-0.2, 0) is 4.79 Å². The van der Waals surface area contributed by atoms with E-state index < -0.39 is 0 Å². The van der Waals surface area contributed by atoms with Crippen molar-refractivity contribution < 1.29 is 4.79 Å². The second-order valence-electron chi connectivity index (χ2n) is 5.54. The summed E-state index contributed by atoms with van der Waals surface area (Å²) in [6.07, 6.45) is 7.85. The average Bonchev–Trinajstić information content (AvgIpc) is 2.84. The van der Waals surface area contributed by atoms with Gasteiger partial charge >= 0.3 is 0 Å². The van der Waals surface area contributed by atoms with E-state index >= 15 is 0 Å². The van der Waals surface area contributed by atoms with Crippen LogP contribution in [0, 0.1) is 11.3 Å². The molecule has 1 aliphatic rings. The molecule has 0 radical (unpaired) electrons. The fraction of sp³-hybridized carbons (Fsp3) is 0.929. The van der Waals surface area contributed by atoms with E-state index in [1.165, 1.54) is 25.7 Å². The summed E-state index contributed by atoms with van der Waals surface area (Å²) in [5.41, 5.74) is 5.93. The van der Waals surface area contributed by atoms with Gasteiger partial charge in [-0.1, -0.05) is 26.7 Å². The Morgan fingerprint density at radius 3 is 2.35 bits per heavy atom. The molecular weight excluding hydrogens is 212 g/mol. The lowest BCUT2D eigenvalue weighted by molar-refractivity contribution is -0.122. The van der Waals surface area contributed by atoms with Crippen LogP contribution in [0.25, 0.3) is 0 Å². The van der Waals surface area contributed by atoms with Gasteiger partial charge in [0.2, 0.25) is 5.91 Å². The Morgan fingerprint density at radius 2 is 1.88 bits per heavy atom. The molecular formula is C14H28N2O. The zero-order chi connectivity index (χ0) is 12.7. The molecule has 0 aromatic heterocycles. The van der Waals surface area contributed by atoms with Crippen molar-refractivity contribution in [1.29, 1.82) is 0 Å². The van der Waals surface area contributed by atoms with Crippen molar-refractivity contribution in [2.45, 2.75) is 58.8 Å². The van der Waals surface area contributed by atoms with Crippen LogP contribution < -0.4 is 11.1 Å². The van der Waals surface area contributed by atoms with E-state index in [-0.39, 0.29) is 11.3 Å². The highest BCUT2D eigenvalue weighted by Gasteiger charge is 2.25. The fourth-order valence-electron chi connectivity index (χ4n) is 2.70. The summed E-state index contributed by atoms with van der Waals surface area (Å²) < 4.78 is 0. The molecule has 3 heteroatoms. The molecule has 17 heavy (non-hydrogen) atoms. The zero-order valence-electron chi connectivity index (χ0n) is 11.4. The molecule has 1 amide bonds. The molecule has 1 rings (SSSR count). The average molecular weight is 240 g/mol. The summed E-state index contributed by atoms with van der Waals surface area (Å²) in [6, 6.07) is 0. The number of nitrogens with one attached hydrogen (secondary N) is 1. The molecule has 0 aromatic carbocycles. The largest absolute Gasteiger partial charge is 0.355 e. The van der Waals surface area contributed by atoms with E-state index in [1.54, 1.807) is 0 Å². The number of amides is 1. The summed E-state index contributed by atoms with van der Waals surface area (Å²) in [6.45, 7) is 5.70. The Hall–Kier alpha value is -0.570. The van der Waals surface area contributed by atoms with Crippen LogP contribution in [0.5, 0.6) is 0 Å². The smallest absolute Gasteiger partial charge is 0.220 e. The lowest BCUT2D eigenvalue weighted by Crippen LogP contribution is -2.42. The minimum atomic E-state index is 0.103. The van der Waals surface area contributed by atoms with Gasteiger partial charge in [-0.3, -0.25) is 4.79 Å². The van der Waals surface area contributed by atoms with Gasteiger partial charge in [-0.15, -0.1) is 0 Å². The van der Waals surface area contributed by atoms with Crippen LogP contribution >= 0.6 is 0 Å². The Labute approximate surface area is 106 Å². The van der Waals surface area contributed by atoms with Gasteiger partial charge in [-0.05, 0) is 43.6 Å². The normalized spacial score (nSPS) is 17.4. The quantitative estimate of drug-likeness (QED) is 0.718. The first-order chi connectivity index (χ1) is 8.15. The topological polar surface area (TPSA) is 55.1 Å². The van der Waals surface area contributed by atoms with Crippen molar-refractivity contribution in [3.05, 3.63) is 0 Å². The van der Waals surface area contributed by atoms with Crippen LogP contribution in [0.4, 0.5) is 0 Å². The number of carbonyl (C=O) groups is 1. The molecule has 3 N–H and O–H groups in total. The summed E-state index contributed by atoms with van der Waals surface area (Å²) in [5.74, 6) is 0.849. The van der Waals surface area contributed by atoms with Crippen LogP contribution in [0.2, 0.25) is 0 Å². The summed E-state index contributed by atoms with van der Waals surface area (Å²) in [7, 11) is 0. The van der Waals surface area contributed by atoms with E-state index in [1.807, 2.05) is 0 Å². The van der Waals surface area contributed by atoms with Gasteiger partial charge in [-0.25, -0.2) is 0 Å². The third-order valence-electron chi connectivity index (χ3n) is 4.54. The molecule has 1 saturated carbocycles. The number of rotatable bonds is 7. The molecule has 0 aromatic rings. The molecule has 1 fully saturated rings. The lowest BCUT2D eigenvalue weighted by atomic mass is 9.82. The van der Waals surface area contributed by atoms with Gasteiger partial charge in [0, 0.05) is 13.0 Å². The van der Waals surface area contributed by atoms with Gasteiger partial charge in [-0.2, -0.15) is 0 Å². The first kappa shape index (κ1) is 14.5. The van der Waals surface area contributed by atoms with E-state index in [0.29, 0.717) is 18.9 Å². The minimum absolute atomic E-state index is 0.103. The van der Waals surface area contributed by atoms with Crippen LogP contribution in [-0.4, -0.2) is 19.0 Å². The Morgan fingerprint density at radius 1 is 1.29 bits per heavy atom. The maximum absolute atomic E-state index is 11.8. The van der Waals surface area contributed by atoms with Crippen molar-refractivity contribution in [2.75, 3.05) is 13.1 Å². The van der Waals surface area contributed by atoms with Crippen molar-refractivity contribution in [2.24, 2.45) is 17.1 Å². The van der Waals surface area contributed by atoms with Crippen molar-refractivity contribution in [1.82, 2.24) is 5.32 Å². The standard InChI is InChI=1S/C14H28N2O/c1-3-14(4-2,10-15)11-16-13(17)9-12-7-5-6-8-12/h12H,3-11,15H2,1-2H3,(H,16,17). The third kappa shape index (κ3) is 4.30. The second kappa shape index (κ2) is 7.00. The predicted molar refractivity (Wildman–Crippen MR) is 71.7 cm³/mol. The highest BCUT2D eigenvalue weighted by Crippen LogP contribution is 2.28. The maximum Gasteiger partial charge on any atom is 0.220 e. The number of hydrogen-bond donors (Lipinski definition) is 2. The number of nitrogens with two attached hydrogens (primary N) is 1. The highest BCUT2D eigenvalue weighted by atomic mass is 16.1. The summed E-state index contributed by atoms with van der Waals surface area (Å²) >= 11 is 0. The summed E-state index contributed by atoms with van der Waals surface area (Å²) in [4.78, 5) is 11.8. The number of carbonyl (C=O) groups excluding carboxylic acids is 1. The second-order valence-corrected chi connectivity index (χ2v) is 5.54. The molecule has 0 spiro atoms. The minimum Gasteiger partial charge on any atom is -0.355 e. The highest BCUT2D eigenvalue weighted by molar-refractivity contribution is 5.76. The van der Waals surface area contributed by atoms with Crippen LogP contribution in [0.3, 0.4) is 0 Å². The molecule has 0 unspecified atom stereocenters. The van der Waals surface area contributed by atoms with Gasteiger partial charge in [0.05, 0.1) is 0 Å². The monoisotopic (exact) mass is 240 g/mol. The first-order valence-electron chi connectivity index (χ1n) is 7.12. The van der Waals surface area contributed by atoms with E-state index in [4.69, 9.17) is 5.73 Å². The van der Waals surface area contributed by atoms with Crippen molar-refractivity contribution in [3.63, 3.8) is 0 Å². The summed E-state index contributed by atoms with van der Waals surface area (Å²) in [5, 5.41) is 3.08. The van der Waals surface area contributed by atoms with Gasteiger partial charge in [0.15, 0.2) is 0 Å². The molecule has 100 valence electrons. The van der Waals surface area contributed by atoms with E-state index in [0.717, 1.165) is 19.4 Å². The van der Waals surface area contributed by atoms with Gasteiger partial charge in [0.25, 0.3) is 0 Å². The first-order valence-corrected chi connectivity index (χ1v) is 7.12. The maximum atomic E-state index is 11.8. The van der Waals surface area contributed by atoms with Gasteiger partial charge in [0.1, 0.15) is 0 Å². The predicted octanol–water partition coefficient (Wildman–Crippen LogP) is 2.45. The SMILES string of the molecule is CCC(CC)(CN)CNC(=O)CC1CCCC1.